The smallest absolute Gasteiger partial charge is 0.236 e. The lowest BCUT2D eigenvalue weighted by Crippen LogP contribution is -2.44. The molecular formula is C17H29N3O3. The number of carbonyl (C=O) groups excluding carboxylic acids is 1. The first-order valence-electron chi connectivity index (χ1n) is 8.30. The molecule has 1 N–H and O–H groups in total. The summed E-state index contributed by atoms with van der Waals surface area (Å²) in [5.41, 5.74) is -0.0754. The molecule has 0 aliphatic carbocycles. The third kappa shape index (κ3) is 4.54. The average Bonchev–Trinajstić information content (AvgIpc) is 2.96. The number of oxazole rings is 1. The lowest BCUT2D eigenvalue weighted by atomic mass is 9.94. The third-order valence-corrected chi connectivity index (χ3v) is 4.48. The second-order valence-electron chi connectivity index (χ2n) is 7.52. The van der Waals surface area contributed by atoms with Crippen molar-refractivity contribution in [1.82, 2.24) is 14.8 Å². The van der Waals surface area contributed by atoms with Crippen LogP contribution in [0.3, 0.4) is 0 Å². The number of likely N-dealkylation sites (tertiary alicyclic amines) is 1. The van der Waals surface area contributed by atoms with Gasteiger partial charge in [-0.2, -0.15) is 0 Å². The van der Waals surface area contributed by atoms with Gasteiger partial charge in [-0.25, -0.2) is 4.98 Å². The van der Waals surface area contributed by atoms with Crippen LogP contribution in [-0.4, -0.2) is 58.6 Å². The van der Waals surface area contributed by atoms with Crippen LogP contribution in [0.25, 0.3) is 0 Å². The van der Waals surface area contributed by atoms with Crippen LogP contribution in [0.2, 0.25) is 0 Å². The molecule has 6 nitrogen and oxygen atoms in total. The molecule has 2 rings (SSSR count). The highest BCUT2D eigenvalue weighted by Gasteiger charge is 2.26. The fourth-order valence-electron chi connectivity index (χ4n) is 2.58. The molecule has 1 aliphatic rings. The number of hydrogen-bond acceptors (Lipinski definition) is 5. The second-order valence-corrected chi connectivity index (χ2v) is 7.52. The molecule has 0 radical (unpaired) electrons. The van der Waals surface area contributed by atoms with Crippen molar-refractivity contribution < 1.29 is 14.3 Å². The second kappa shape index (κ2) is 7.01. The highest BCUT2D eigenvalue weighted by Crippen LogP contribution is 2.26. The van der Waals surface area contributed by atoms with Gasteiger partial charge in [-0.15, -0.1) is 0 Å². The Hall–Kier alpha value is -1.40. The van der Waals surface area contributed by atoms with E-state index in [0.717, 1.165) is 5.76 Å². The largest absolute Gasteiger partial charge is 0.443 e. The summed E-state index contributed by atoms with van der Waals surface area (Å²) in [4.78, 5) is 20.5. The standard InChI is InChI=1S/C17H29N3O3/c1-12(16-18-10-14(23-16)17(2,3)4)19(5)11-15(22)20-8-6-13(21)7-9-20/h10,12-13,21H,6-9,11H2,1-5H3. The van der Waals surface area contributed by atoms with Crippen LogP contribution in [0, 0.1) is 0 Å². The topological polar surface area (TPSA) is 69.8 Å². The van der Waals surface area contributed by atoms with Gasteiger partial charge < -0.3 is 14.4 Å². The maximum Gasteiger partial charge on any atom is 0.236 e. The number of likely N-dealkylation sites (N-methyl/N-ethyl adjacent to an activating group) is 1. The minimum Gasteiger partial charge on any atom is -0.443 e. The highest BCUT2D eigenvalue weighted by atomic mass is 16.4. The van der Waals surface area contributed by atoms with Gasteiger partial charge in [0.2, 0.25) is 11.8 Å². The predicted octanol–water partition coefficient (Wildman–Crippen LogP) is 1.95. The minimum absolute atomic E-state index is 0.0644. The monoisotopic (exact) mass is 323 g/mol. The molecule has 0 saturated carbocycles. The Kier molecular flexibility index (Phi) is 5.47. The molecule has 6 heteroatoms. The van der Waals surface area contributed by atoms with Crippen LogP contribution in [0.5, 0.6) is 0 Å². The van der Waals surface area contributed by atoms with Crippen molar-refractivity contribution in [2.24, 2.45) is 0 Å². The van der Waals surface area contributed by atoms with Crippen LogP contribution in [0.4, 0.5) is 0 Å². The van der Waals surface area contributed by atoms with E-state index < -0.39 is 0 Å². The molecule has 1 fully saturated rings. The van der Waals surface area contributed by atoms with E-state index >= 15 is 0 Å². The molecule has 0 aromatic carbocycles. The molecule has 1 aromatic rings. The first-order valence-corrected chi connectivity index (χ1v) is 8.30. The molecule has 1 aliphatic heterocycles. The highest BCUT2D eigenvalue weighted by molar-refractivity contribution is 5.78. The van der Waals surface area contributed by atoms with Gasteiger partial charge in [0.25, 0.3) is 0 Å². The van der Waals surface area contributed by atoms with Gasteiger partial charge in [-0.05, 0) is 26.8 Å². The van der Waals surface area contributed by atoms with Crippen LogP contribution in [0.1, 0.15) is 58.2 Å². The van der Waals surface area contributed by atoms with E-state index in [1.54, 1.807) is 6.20 Å². The summed E-state index contributed by atoms with van der Waals surface area (Å²) in [5.74, 6) is 1.58. The van der Waals surface area contributed by atoms with Crippen molar-refractivity contribution in [2.45, 2.75) is 58.1 Å². The molecule has 1 saturated heterocycles. The fourth-order valence-corrected chi connectivity index (χ4v) is 2.58. The Balaban J connectivity index is 1.93. The van der Waals surface area contributed by atoms with Gasteiger partial charge in [-0.1, -0.05) is 20.8 Å². The molecule has 1 aromatic heterocycles. The number of nitrogens with zero attached hydrogens (tertiary/aromatic N) is 3. The zero-order chi connectivity index (χ0) is 17.2. The fraction of sp³-hybridized carbons (Fsp3) is 0.765. The molecule has 1 amide bonds. The molecule has 1 unspecified atom stereocenters. The summed E-state index contributed by atoms with van der Waals surface area (Å²) in [6, 6.07) is -0.0644. The van der Waals surface area contributed by atoms with Gasteiger partial charge in [0.05, 0.1) is 24.9 Å². The van der Waals surface area contributed by atoms with Crippen molar-refractivity contribution in [3.05, 3.63) is 17.8 Å². The van der Waals surface area contributed by atoms with E-state index in [0.29, 0.717) is 38.4 Å². The normalized spacial score (nSPS) is 18.5. The van der Waals surface area contributed by atoms with Crippen molar-refractivity contribution in [1.29, 1.82) is 0 Å². The lowest BCUT2D eigenvalue weighted by Gasteiger charge is -2.31. The SMILES string of the molecule is CC(c1ncc(C(C)(C)C)o1)N(C)CC(=O)N1CCC(O)CC1. The van der Waals surface area contributed by atoms with Crippen LogP contribution in [-0.2, 0) is 10.2 Å². The van der Waals surface area contributed by atoms with E-state index in [2.05, 4.69) is 25.8 Å². The summed E-state index contributed by atoms with van der Waals surface area (Å²) in [7, 11) is 1.91. The molecule has 23 heavy (non-hydrogen) atoms. The summed E-state index contributed by atoms with van der Waals surface area (Å²) < 4.78 is 5.86. The van der Waals surface area contributed by atoms with Crippen molar-refractivity contribution in [3.8, 4) is 0 Å². The number of aromatic nitrogens is 1. The summed E-state index contributed by atoms with van der Waals surface area (Å²) in [6.07, 6.45) is 2.84. The Labute approximate surface area is 138 Å². The lowest BCUT2D eigenvalue weighted by molar-refractivity contribution is -0.134. The summed E-state index contributed by atoms with van der Waals surface area (Å²) in [5, 5.41) is 9.53. The van der Waals surface area contributed by atoms with E-state index in [9.17, 15) is 9.90 Å². The Morgan fingerprint density at radius 3 is 2.61 bits per heavy atom. The molecule has 130 valence electrons. The third-order valence-electron chi connectivity index (χ3n) is 4.48. The summed E-state index contributed by atoms with van der Waals surface area (Å²) in [6.45, 7) is 9.83. The first-order chi connectivity index (χ1) is 10.7. The zero-order valence-corrected chi connectivity index (χ0v) is 14.9. The van der Waals surface area contributed by atoms with Gasteiger partial charge in [0.15, 0.2) is 0 Å². The van der Waals surface area contributed by atoms with Crippen molar-refractivity contribution in [2.75, 3.05) is 26.7 Å². The average molecular weight is 323 g/mol. The predicted molar refractivity (Wildman–Crippen MR) is 88.1 cm³/mol. The Bertz CT molecular complexity index is 527. The molecular weight excluding hydrogens is 294 g/mol. The molecule has 0 spiro atoms. The number of amides is 1. The van der Waals surface area contributed by atoms with Crippen molar-refractivity contribution in [3.63, 3.8) is 0 Å². The van der Waals surface area contributed by atoms with E-state index in [-0.39, 0.29) is 23.5 Å². The minimum atomic E-state index is -0.265. The number of carbonyl (C=O) groups is 1. The Morgan fingerprint density at radius 2 is 2.09 bits per heavy atom. The van der Waals surface area contributed by atoms with E-state index in [4.69, 9.17) is 4.42 Å². The quantitative estimate of drug-likeness (QED) is 0.917. The number of aliphatic hydroxyl groups is 1. The molecule has 1 atom stereocenters. The van der Waals surface area contributed by atoms with Gasteiger partial charge >= 0.3 is 0 Å². The van der Waals surface area contributed by atoms with Gasteiger partial charge in [0.1, 0.15) is 5.76 Å². The van der Waals surface area contributed by atoms with Crippen molar-refractivity contribution >= 4 is 5.91 Å². The zero-order valence-electron chi connectivity index (χ0n) is 14.9. The summed E-state index contributed by atoms with van der Waals surface area (Å²) >= 11 is 0. The van der Waals surface area contributed by atoms with E-state index in [1.807, 2.05) is 23.8 Å². The number of hydrogen-bond donors (Lipinski definition) is 1. The number of aliphatic hydroxyl groups excluding tert-OH is 1. The first kappa shape index (κ1) is 17.9. The van der Waals surface area contributed by atoms with Gasteiger partial charge in [-0.3, -0.25) is 9.69 Å². The van der Waals surface area contributed by atoms with Crippen LogP contribution >= 0.6 is 0 Å². The maximum absolute atomic E-state index is 12.4. The van der Waals surface area contributed by atoms with Crippen LogP contribution in [0.15, 0.2) is 10.6 Å². The number of rotatable bonds is 4. The molecule has 2 heterocycles. The Morgan fingerprint density at radius 1 is 1.48 bits per heavy atom. The van der Waals surface area contributed by atoms with E-state index in [1.165, 1.54) is 0 Å². The van der Waals surface area contributed by atoms with Crippen LogP contribution < -0.4 is 0 Å². The number of piperidine rings is 1. The maximum atomic E-state index is 12.4. The molecule has 0 bridgehead atoms. The van der Waals surface area contributed by atoms with Gasteiger partial charge in [0, 0.05) is 18.5 Å².